The van der Waals surface area contributed by atoms with E-state index in [2.05, 4.69) is 17.5 Å². The van der Waals surface area contributed by atoms with Gasteiger partial charge in [-0.05, 0) is 18.1 Å². The number of carbonyl (C=O) groups is 1. The van der Waals surface area contributed by atoms with E-state index in [0.717, 1.165) is 0 Å². The van der Waals surface area contributed by atoms with Crippen molar-refractivity contribution in [2.45, 2.75) is 19.9 Å². The molecule has 0 amide bonds. The normalized spacial score (nSPS) is 12.6. The number of aliphatic carboxylic acids is 1. The lowest BCUT2D eigenvalue weighted by Gasteiger charge is -2.17. The lowest BCUT2D eigenvalue weighted by atomic mass is 10.1. The Labute approximate surface area is 70.8 Å². The highest BCUT2D eigenvalue weighted by atomic mass is 32.1. The number of rotatable bonds is 3. The first-order valence-corrected chi connectivity index (χ1v) is 3.64. The fraction of sp³-hybridized carbons (Fsp3) is 0.667. The van der Waals surface area contributed by atoms with E-state index in [-0.39, 0.29) is 11.0 Å². The molecule has 0 aromatic rings. The molecule has 0 heterocycles. The number of thiocarbonyl (C=S) groups is 1. The Morgan fingerprint density at radius 3 is 2.18 bits per heavy atom. The van der Waals surface area contributed by atoms with Crippen molar-refractivity contribution in [3.63, 3.8) is 0 Å². The number of carboxylic acid groups (broad SMARTS) is 1. The molecular formula is C6H12N2O2S. The maximum atomic E-state index is 10.5. The third-order valence-corrected chi connectivity index (χ3v) is 1.35. The van der Waals surface area contributed by atoms with E-state index in [4.69, 9.17) is 10.8 Å². The SMILES string of the molecule is CC(C)[C@H](NC(N)=S)C(=O)O. The molecule has 64 valence electrons. The molecule has 0 rings (SSSR count). The van der Waals surface area contributed by atoms with E-state index in [0.29, 0.717) is 0 Å². The van der Waals surface area contributed by atoms with Gasteiger partial charge >= 0.3 is 5.97 Å². The fourth-order valence-electron chi connectivity index (χ4n) is 0.667. The Bertz CT molecular complexity index is 170. The summed E-state index contributed by atoms with van der Waals surface area (Å²) in [4.78, 5) is 10.5. The van der Waals surface area contributed by atoms with Gasteiger partial charge in [-0.1, -0.05) is 13.8 Å². The van der Waals surface area contributed by atoms with Gasteiger partial charge in [-0.2, -0.15) is 0 Å². The molecule has 0 saturated heterocycles. The van der Waals surface area contributed by atoms with Gasteiger partial charge in [0.1, 0.15) is 6.04 Å². The standard InChI is InChI=1S/C6H12N2O2S/c1-3(2)4(5(9)10)8-6(7)11/h3-4H,1-2H3,(H,9,10)(H3,7,8,11)/t4-/m0/s1. The van der Waals surface area contributed by atoms with Crippen molar-refractivity contribution < 1.29 is 9.90 Å². The molecule has 4 nitrogen and oxygen atoms in total. The monoisotopic (exact) mass is 176 g/mol. The van der Waals surface area contributed by atoms with Crippen molar-refractivity contribution in [1.29, 1.82) is 0 Å². The summed E-state index contributed by atoms with van der Waals surface area (Å²) >= 11 is 4.51. The van der Waals surface area contributed by atoms with E-state index >= 15 is 0 Å². The van der Waals surface area contributed by atoms with Crippen LogP contribution in [0.2, 0.25) is 0 Å². The van der Waals surface area contributed by atoms with Crippen LogP contribution in [0.4, 0.5) is 0 Å². The van der Waals surface area contributed by atoms with Crippen LogP contribution in [-0.2, 0) is 4.79 Å². The average molecular weight is 176 g/mol. The van der Waals surface area contributed by atoms with Gasteiger partial charge in [0, 0.05) is 0 Å². The first-order valence-electron chi connectivity index (χ1n) is 3.24. The fourth-order valence-corrected chi connectivity index (χ4v) is 0.794. The van der Waals surface area contributed by atoms with E-state index in [1.165, 1.54) is 0 Å². The van der Waals surface area contributed by atoms with E-state index in [1.54, 1.807) is 13.8 Å². The second-order valence-corrected chi connectivity index (χ2v) is 3.01. The topological polar surface area (TPSA) is 75.3 Å². The summed E-state index contributed by atoms with van der Waals surface area (Å²) in [6, 6.07) is -0.688. The third kappa shape index (κ3) is 3.77. The molecule has 5 heteroatoms. The summed E-state index contributed by atoms with van der Waals surface area (Å²) < 4.78 is 0. The Kier molecular flexibility index (Phi) is 3.81. The zero-order chi connectivity index (χ0) is 9.02. The maximum Gasteiger partial charge on any atom is 0.326 e. The van der Waals surface area contributed by atoms with Crippen LogP contribution in [0.15, 0.2) is 0 Å². The zero-order valence-corrected chi connectivity index (χ0v) is 7.31. The number of carboxylic acids is 1. The Morgan fingerprint density at radius 2 is 2.09 bits per heavy atom. The molecule has 0 fully saturated rings. The second-order valence-electron chi connectivity index (χ2n) is 2.57. The van der Waals surface area contributed by atoms with Crippen molar-refractivity contribution in [3.8, 4) is 0 Å². The molecule has 0 aliphatic heterocycles. The lowest BCUT2D eigenvalue weighted by Crippen LogP contribution is -2.46. The predicted molar refractivity (Wildman–Crippen MR) is 46.2 cm³/mol. The quantitative estimate of drug-likeness (QED) is 0.525. The smallest absolute Gasteiger partial charge is 0.326 e. The Hall–Kier alpha value is -0.840. The van der Waals surface area contributed by atoms with Crippen molar-refractivity contribution in [3.05, 3.63) is 0 Å². The summed E-state index contributed by atoms with van der Waals surface area (Å²) in [7, 11) is 0. The summed E-state index contributed by atoms with van der Waals surface area (Å²) in [5.74, 6) is -0.971. The van der Waals surface area contributed by atoms with E-state index < -0.39 is 12.0 Å². The summed E-state index contributed by atoms with van der Waals surface area (Å²) in [6.45, 7) is 3.56. The number of nitrogens with two attached hydrogens (primary N) is 1. The van der Waals surface area contributed by atoms with Crippen LogP contribution < -0.4 is 11.1 Å². The molecule has 0 bridgehead atoms. The van der Waals surface area contributed by atoms with Crippen molar-refractivity contribution >= 4 is 23.3 Å². The van der Waals surface area contributed by atoms with Gasteiger partial charge in [-0.3, -0.25) is 0 Å². The van der Waals surface area contributed by atoms with Crippen LogP contribution in [0, 0.1) is 5.92 Å². The highest BCUT2D eigenvalue weighted by Crippen LogP contribution is 2.00. The largest absolute Gasteiger partial charge is 0.480 e. The highest BCUT2D eigenvalue weighted by Gasteiger charge is 2.20. The van der Waals surface area contributed by atoms with Gasteiger partial charge in [0.2, 0.25) is 0 Å². The molecule has 11 heavy (non-hydrogen) atoms. The van der Waals surface area contributed by atoms with Crippen LogP contribution in [-0.4, -0.2) is 22.2 Å². The molecular weight excluding hydrogens is 164 g/mol. The molecule has 4 N–H and O–H groups in total. The minimum absolute atomic E-state index is 0.0195. The predicted octanol–water partition coefficient (Wildman–Crippen LogP) is -0.0712. The van der Waals surface area contributed by atoms with Crippen molar-refractivity contribution in [1.82, 2.24) is 5.32 Å². The van der Waals surface area contributed by atoms with Gasteiger partial charge in [0.25, 0.3) is 0 Å². The van der Waals surface area contributed by atoms with Crippen molar-refractivity contribution in [2.24, 2.45) is 11.7 Å². The van der Waals surface area contributed by atoms with Crippen LogP contribution in [0.3, 0.4) is 0 Å². The average Bonchev–Trinajstić information content (AvgIpc) is 1.81. The van der Waals surface area contributed by atoms with Crippen molar-refractivity contribution in [2.75, 3.05) is 0 Å². The number of hydrogen-bond acceptors (Lipinski definition) is 2. The third-order valence-electron chi connectivity index (χ3n) is 1.23. The molecule has 0 aliphatic rings. The molecule has 0 spiro atoms. The molecule has 0 saturated carbocycles. The molecule has 0 aromatic heterocycles. The first-order chi connectivity index (χ1) is 4.95. The molecule has 0 radical (unpaired) electrons. The van der Waals surface area contributed by atoms with Gasteiger partial charge < -0.3 is 16.2 Å². The number of hydrogen-bond donors (Lipinski definition) is 3. The Balaban J connectivity index is 4.12. The van der Waals surface area contributed by atoms with Crippen LogP contribution in [0.1, 0.15) is 13.8 Å². The highest BCUT2D eigenvalue weighted by molar-refractivity contribution is 7.80. The van der Waals surface area contributed by atoms with Crippen LogP contribution >= 0.6 is 12.2 Å². The second kappa shape index (κ2) is 4.12. The molecule has 1 atom stereocenters. The molecule has 0 unspecified atom stereocenters. The lowest BCUT2D eigenvalue weighted by molar-refractivity contribution is -0.140. The van der Waals surface area contributed by atoms with E-state index in [1.807, 2.05) is 0 Å². The zero-order valence-electron chi connectivity index (χ0n) is 6.50. The van der Waals surface area contributed by atoms with Gasteiger partial charge in [0.05, 0.1) is 0 Å². The van der Waals surface area contributed by atoms with Crippen LogP contribution in [0.5, 0.6) is 0 Å². The maximum absolute atomic E-state index is 10.5. The summed E-state index contributed by atoms with van der Waals surface area (Å²) in [6.07, 6.45) is 0. The first kappa shape index (κ1) is 10.2. The van der Waals surface area contributed by atoms with Gasteiger partial charge in [-0.25, -0.2) is 4.79 Å². The summed E-state index contributed by atoms with van der Waals surface area (Å²) in [5, 5.41) is 11.1. The molecule has 0 aromatic carbocycles. The minimum Gasteiger partial charge on any atom is -0.480 e. The van der Waals surface area contributed by atoms with Gasteiger partial charge in [-0.15, -0.1) is 0 Å². The van der Waals surface area contributed by atoms with E-state index in [9.17, 15) is 4.79 Å². The number of nitrogens with one attached hydrogen (secondary N) is 1. The summed E-state index contributed by atoms with van der Waals surface area (Å²) in [5.41, 5.74) is 5.13. The minimum atomic E-state index is -0.937. The molecule has 0 aliphatic carbocycles. The van der Waals surface area contributed by atoms with Gasteiger partial charge in [0.15, 0.2) is 5.11 Å². The Morgan fingerprint density at radius 1 is 1.64 bits per heavy atom. The van der Waals surface area contributed by atoms with Crippen LogP contribution in [0.25, 0.3) is 0 Å².